The second-order valence-electron chi connectivity index (χ2n) is 3.82. The molecule has 0 aliphatic heterocycles. The third-order valence-corrected chi connectivity index (χ3v) is 2.04. The molecule has 21 heavy (non-hydrogen) atoms. The molecule has 0 fully saturated rings. The number of unbranched alkanes of at least 4 members (excludes halogenated alkanes) is 1. The quantitative estimate of drug-likeness (QED) is 0.623. The Labute approximate surface area is 125 Å². The molecule has 0 heterocycles. The summed E-state index contributed by atoms with van der Waals surface area (Å²) in [6.45, 7) is 13.4. The van der Waals surface area contributed by atoms with Crippen molar-refractivity contribution in [3.05, 3.63) is 37.0 Å². The van der Waals surface area contributed by atoms with Crippen molar-refractivity contribution in [2.45, 2.75) is 39.5 Å². The highest BCUT2D eigenvalue weighted by atomic mass is 16.4. The van der Waals surface area contributed by atoms with Crippen LogP contribution in [0.25, 0.3) is 0 Å². The first-order chi connectivity index (χ1) is 9.63. The van der Waals surface area contributed by atoms with Gasteiger partial charge in [0.1, 0.15) is 0 Å². The van der Waals surface area contributed by atoms with Crippen molar-refractivity contribution in [1.29, 1.82) is 0 Å². The van der Waals surface area contributed by atoms with E-state index in [4.69, 9.17) is 15.3 Å². The van der Waals surface area contributed by atoms with Crippen molar-refractivity contribution in [3.63, 3.8) is 0 Å². The lowest BCUT2D eigenvalue weighted by atomic mass is 10.1. The van der Waals surface area contributed by atoms with Gasteiger partial charge in [-0.05, 0) is 19.3 Å². The maximum absolute atomic E-state index is 10.1. The standard InChI is InChI=1S/C7H12O2.C5H8O2.C3H4O2/c1-3-4-5-6(2)7(8)9;1-3-4(2)5(6)7;1-2-3(4)5/h2-5H2,1H3,(H,8,9);2-3H2,1H3,(H,6,7);2H,1H2,(H,4,5). The van der Waals surface area contributed by atoms with Gasteiger partial charge in [0.05, 0.1) is 0 Å². The average Bonchev–Trinajstić information content (AvgIpc) is 2.44. The molecule has 0 amide bonds. The van der Waals surface area contributed by atoms with Crippen molar-refractivity contribution in [2.24, 2.45) is 0 Å². The highest BCUT2D eigenvalue weighted by molar-refractivity contribution is 5.85. The van der Waals surface area contributed by atoms with Crippen molar-refractivity contribution in [2.75, 3.05) is 0 Å². The van der Waals surface area contributed by atoms with Crippen LogP contribution in [0.5, 0.6) is 0 Å². The van der Waals surface area contributed by atoms with E-state index >= 15 is 0 Å². The summed E-state index contributed by atoms with van der Waals surface area (Å²) in [7, 11) is 0. The second kappa shape index (κ2) is 15.7. The van der Waals surface area contributed by atoms with Gasteiger partial charge in [0.25, 0.3) is 0 Å². The molecular weight excluding hydrogens is 276 g/mol. The first kappa shape index (κ1) is 23.7. The van der Waals surface area contributed by atoms with Crippen molar-refractivity contribution in [3.8, 4) is 0 Å². The van der Waals surface area contributed by atoms with Gasteiger partial charge in [-0.25, -0.2) is 14.4 Å². The number of rotatable bonds is 7. The number of hydrogen-bond donors (Lipinski definition) is 3. The molecule has 0 saturated carbocycles. The summed E-state index contributed by atoms with van der Waals surface area (Å²) in [4.78, 5) is 29.2. The summed E-state index contributed by atoms with van der Waals surface area (Å²) in [5, 5.41) is 24.0. The molecule has 0 aromatic rings. The van der Waals surface area contributed by atoms with Gasteiger partial charge in [-0.1, -0.05) is 40.0 Å². The number of aliphatic carboxylic acids is 3. The van der Waals surface area contributed by atoms with Gasteiger partial charge in [-0.15, -0.1) is 0 Å². The Morgan fingerprint density at radius 2 is 1.33 bits per heavy atom. The molecule has 3 N–H and O–H groups in total. The van der Waals surface area contributed by atoms with Crippen molar-refractivity contribution < 1.29 is 29.7 Å². The Hall–Kier alpha value is -2.37. The highest BCUT2D eigenvalue weighted by Gasteiger charge is 2.00. The molecule has 0 aliphatic carbocycles. The molecule has 0 aliphatic rings. The Kier molecular flexibility index (Phi) is 17.7. The lowest BCUT2D eigenvalue weighted by Gasteiger charge is -1.95. The third kappa shape index (κ3) is 23.2. The molecule has 0 spiro atoms. The number of carboxylic acids is 3. The van der Waals surface area contributed by atoms with Crippen LogP contribution < -0.4 is 0 Å². The summed E-state index contributed by atoms with van der Waals surface area (Å²) in [6, 6.07) is 0. The summed E-state index contributed by atoms with van der Waals surface area (Å²) in [5.41, 5.74) is 0.580. The van der Waals surface area contributed by atoms with Crippen molar-refractivity contribution in [1.82, 2.24) is 0 Å². The first-order valence-electron chi connectivity index (χ1n) is 6.31. The molecule has 6 heteroatoms. The Balaban J connectivity index is -0.000000242. The maximum atomic E-state index is 10.1. The van der Waals surface area contributed by atoms with E-state index in [9.17, 15) is 14.4 Å². The smallest absolute Gasteiger partial charge is 0.330 e. The Bertz CT molecular complexity index is 382. The Morgan fingerprint density at radius 1 is 0.952 bits per heavy atom. The van der Waals surface area contributed by atoms with Crippen LogP contribution in [0.2, 0.25) is 0 Å². The molecule has 0 saturated heterocycles. The van der Waals surface area contributed by atoms with E-state index in [2.05, 4.69) is 19.7 Å². The highest BCUT2D eigenvalue weighted by Crippen LogP contribution is 2.03. The summed E-state index contributed by atoms with van der Waals surface area (Å²) >= 11 is 0. The molecule has 0 aromatic carbocycles. The monoisotopic (exact) mass is 300 g/mol. The average molecular weight is 300 g/mol. The van der Waals surface area contributed by atoms with Crippen LogP contribution >= 0.6 is 0 Å². The van der Waals surface area contributed by atoms with Gasteiger partial charge in [0.2, 0.25) is 0 Å². The molecule has 0 radical (unpaired) electrons. The molecule has 0 atom stereocenters. The van der Waals surface area contributed by atoms with Gasteiger partial charge >= 0.3 is 17.9 Å². The van der Waals surface area contributed by atoms with Crippen LogP contribution in [0.15, 0.2) is 37.0 Å². The molecule has 0 bridgehead atoms. The molecule has 0 rings (SSSR count). The predicted molar refractivity (Wildman–Crippen MR) is 81.2 cm³/mol. The van der Waals surface area contributed by atoms with E-state index < -0.39 is 17.9 Å². The van der Waals surface area contributed by atoms with Gasteiger partial charge in [0, 0.05) is 17.2 Å². The van der Waals surface area contributed by atoms with Crippen LogP contribution in [-0.2, 0) is 14.4 Å². The van der Waals surface area contributed by atoms with Crippen LogP contribution in [0.1, 0.15) is 39.5 Å². The lowest BCUT2D eigenvalue weighted by Crippen LogP contribution is -1.97. The number of carbonyl (C=O) groups is 3. The van der Waals surface area contributed by atoms with E-state index in [-0.39, 0.29) is 5.57 Å². The lowest BCUT2D eigenvalue weighted by molar-refractivity contribution is -0.133. The molecule has 6 nitrogen and oxygen atoms in total. The zero-order chi connectivity index (χ0) is 17.4. The third-order valence-electron chi connectivity index (χ3n) is 2.04. The zero-order valence-corrected chi connectivity index (χ0v) is 12.6. The Morgan fingerprint density at radius 3 is 1.48 bits per heavy atom. The molecule has 120 valence electrons. The SMILES string of the molecule is C=C(CC)C(=O)O.C=C(CCCC)C(=O)O.C=CC(=O)O. The number of carboxylic acid groups (broad SMARTS) is 3. The van der Waals surface area contributed by atoms with Gasteiger partial charge in [-0.3, -0.25) is 0 Å². The van der Waals surface area contributed by atoms with E-state index in [1.807, 2.05) is 6.92 Å². The molecule has 0 unspecified atom stereocenters. The maximum Gasteiger partial charge on any atom is 0.330 e. The van der Waals surface area contributed by atoms with E-state index in [1.165, 1.54) is 0 Å². The normalized spacial score (nSPS) is 8.10. The summed E-state index contributed by atoms with van der Waals surface area (Å²) in [5.74, 6) is -2.75. The molecule has 0 aromatic heterocycles. The largest absolute Gasteiger partial charge is 0.478 e. The van der Waals surface area contributed by atoms with Crippen LogP contribution in [0, 0.1) is 0 Å². The fraction of sp³-hybridized carbons (Fsp3) is 0.400. The zero-order valence-electron chi connectivity index (χ0n) is 12.6. The summed E-state index contributed by atoms with van der Waals surface area (Å²) < 4.78 is 0. The minimum Gasteiger partial charge on any atom is -0.478 e. The fourth-order valence-corrected chi connectivity index (χ4v) is 0.648. The minimum absolute atomic E-state index is 0.264. The topological polar surface area (TPSA) is 112 Å². The van der Waals surface area contributed by atoms with Crippen molar-refractivity contribution >= 4 is 17.9 Å². The van der Waals surface area contributed by atoms with Crippen LogP contribution in [0.4, 0.5) is 0 Å². The number of hydrogen-bond acceptors (Lipinski definition) is 3. The minimum atomic E-state index is -0.981. The van der Waals surface area contributed by atoms with Gasteiger partial charge in [-0.2, -0.15) is 0 Å². The van der Waals surface area contributed by atoms with Crippen LogP contribution in [-0.4, -0.2) is 33.2 Å². The second-order valence-corrected chi connectivity index (χ2v) is 3.82. The van der Waals surface area contributed by atoms with Crippen LogP contribution in [0.3, 0.4) is 0 Å². The molecular formula is C15H24O6. The summed E-state index contributed by atoms with van der Waals surface area (Å²) in [6.07, 6.45) is 3.92. The van der Waals surface area contributed by atoms with E-state index in [1.54, 1.807) is 6.92 Å². The van der Waals surface area contributed by atoms with Gasteiger partial charge in [0.15, 0.2) is 0 Å². The van der Waals surface area contributed by atoms with E-state index in [0.29, 0.717) is 18.4 Å². The van der Waals surface area contributed by atoms with Gasteiger partial charge < -0.3 is 15.3 Å². The first-order valence-corrected chi connectivity index (χ1v) is 6.31. The fourth-order valence-electron chi connectivity index (χ4n) is 0.648. The predicted octanol–water partition coefficient (Wildman–Crippen LogP) is 3.11. The van der Waals surface area contributed by atoms with E-state index in [0.717, 1.165) is 18.9 Å².